The second kappa shape index (κ2) is 9.20. The topological polar surface area (TPSA) is 76.9 Å². The van der Waals surface area contributed by atoms with E-state index in [-0.39, 0.29) is 11.5 Å². The number of thiophene rings is 1. The van der Waals surface area contributed by atoms with Crippen molar-refractivity contribution in [1.29, 1.82) is 0 Å². The molecular formula is C21H26N4O2S3. The summed E-state index contributed by atoms with van der Waals surface area (Å²) in [5.41, 5.74) is 2.23. The molecule has 0 saturated heterocycles. The van der Waals surface area contributed by atoms with Gasteiger partial charge in [0, 0.05) is 29.5 Å². The zero-order valence-electron chi connectivity index (χ0n) is 17.5. The molecule has 1 aliphatic rings. The van der Waals surface area contributed by atoms with Crippen LogP contribution in [-0.4, -0.2) is 20.4 Å². The zero-order chi connectivity index (χ0) is 21.3. The number of aryl methyl sites for hydroxylation is 2. The molecule has 3 heterocycles. The van der Waals surface area contributed by atoms with E-state index in [2.05, 4.69) is 24.1 Å². The molecule has 30 heavy (non-hydrogen) atoms. The monoisotopic (exact) mass is 462 g/mol. The van der Waals surface area contributed by atoms with Crippen molar-refractivity contribution in [3.05, 3.63) is 31.9 Å². The lowest BCUT2D eigenvalue weighted by atomic mass is 9.97. The van der Waals surface area contributed by atoms with Crippen molar-refractivity contribution in [2.75, 3.05) is 5.32 Å². The van der Waals surface area contributed by atoms with Crippen molar-refractivity contribution in [3.8, 4) is 0 Å². The number of amides is 1. The number of nitrogens with zero attached hydrogens (tertiary/aromatic N) is 3. The normalized spacial score (nSPS) is 13.7. The largest absolute Gasteiger partial charge is 0.302 e. The summed E-state index contributed by atoms with van der Waals surface area (Å²) >= 11 is 4.66. The van der Waals surface area contributed by atoms with E-state index in [1.54, 1.807) is 23.1 Å². The predicted molar refractivity (Wildman–Crippen MR) is 126 cm³/mol. The molecule has 3 aromatic rings. The number of hydrogen-bond acceptors (Lipinski definition) is 7. The van der Waals surface area contributed by atoms with Crippen molar-refractivity contribution < 1.29 is 4.79 Å². The maximum atomic E-state index is 13.5. The molecule has 4 rings (SSSR count). The maximum Gasteiger partial charge on any atom is 0.263 e. The summed E-state index contributed by atoms with van der Waals surface area (Å²) < 4.78 is 1.87. The Labute approximate surface area is 188 Å². The Morgan fingerprint density at radius 1 is 1.30 bits per heavy atom. The summed E-state index contributed by atoms with van der Waals surface area (Å²) in [6.07, 6.45) is 5.35. The predicted octanol–water partition coefficient (Wildman–Crippen LogP) is 5.09. The van der Waals surface area contributed by atoms with Gasteiger partial charge in [0.15, 0.2) is 10.3 Å². The van der Waals surface area contributed by atoms with Gasteiger partial charge in [0.05, 0.1) is 11.1 Å². The van der Waals surface area contributed by atoms with Crippen LogP contribution in [0.2, 0.25) is 0 Å². The molecule has 160 valence electrons. The van der Waals surface area contributed by atoms with Crippen LogP contribution in [0, 0.1) is 5.92 Å². The number of fused-ring (bicyclic) bond motifs is 3. The summed E-state index contributed by atoms with van der Waals surface area (Å²) in [5, 5.41) is 6.88. The molecule has 0 radical (unpaired) electrons. The highest BCUT2D eigenvalue weighted by atomic mass is 32.2. The van der Waals surface area contributed by atoms with Crippen LogP contribution in [-0.2, 0) is 29.9 Å². The van der Waals surface area contributed by atoms with Gasteiger partial charge in [-0.2, -0.15) is 0 Å². The van der Waals surface area contributed by atoms with Gasteiger partial charge in [0.1, 0.15) is 4.83 Å². The van der Waals surface area contributed by atoms with Crippen molar-refractivity contribution >= 4 is 55.7 Å². The van der Waals surface area contributed by atoms with Crippen LogP contribution >= 0.6 is 34.4 Å². The molecule has 0 unspecified atom stereocenters. The summed E-state index contributed by atoms with van der Waals surface area (Å²) in [7, 11) is 0. The molecule has 0 fully saturated rings. The second-order valence-corrected chi connectivity index (χ2v) is 10.9. The SMILES string of the molecule is CC(=O)Nc1nc(CSc2nc3sc4c(c3c(=O)n2CCC(C)C)CCCC4)cs1. The minimum Gasteiger partial charge on any atom is -0.302 e. The molecule has 1 aliphatic carbocycles. The van der Waals surface area contributed by atoms with Crippen LogP contribution in [0.25, 0.3) is 10.2 Å². The van der Waals surface area contributed by atoms with Crippen LogP contribution in [0.4, 0.5) is 5.13 Å². The van der Waals surface area contributed by atoms with Gasteiger partial charge < -0.3 is 5.32 Å². The van der Waals surface area contributed by atoms with Gasteiger partial charge >= 0.3 is 0 Å². The first kappa shape index (κ1) is 21.5. The fourth-order valence-electron chi connectivity index (χ4n) is 3.63. The van der Waals surface area contributed by atoms with E-state index >= 15 is 0 Å². The molecule has 1 amide bonds. The first-order chi connectivity index (χ1) is 14.4. The smallest absolute Gasteiger partial charge is 0.263 e. The average molecular weight is 463 g/mol. The Morgan fingerprint density at radius 3 is 2.87 bits per heavy atom. The third-order valence-electron chi connectivity index (χ3n) is 5.15. The molecule has 0 aromatic carbocycles. The first-order valence-electron chi connectivity index (χ1n) is 10.3. The van der Waals surface area contributed by atoms with Gasteiger partial charge in [-0.15, -0.1) is 22.7 Å². The summed E-state index contributed by atoms with van der Waals surface area (Å²) in [6.45, 7) is 6.51. The molecule has 3 aromatic heterocycles. The Bertz CT molecular complexity index is 1130. The van der Waals surface area contributed by atoms with Gasteiger partial charge in [-0.1, -0.05) is 25.6 Å². The Morgan fingerprint density at radius 2 is 2.10 bits per heavy atom. The van der Waals surface area contributed by atoms with E-state index in [1.165, 1.54) is 35.1 Å². The number of nitrogens with one attached hydrogen (secondary N) is 1. The van der Waals surface area contributed by atoms with Crippen molar-refractivity contribution in [2.24, 2.45) is 5.92 Å². The first-order valence-corrected chi connectivity index (χ1v) is 13.0. The molecule has 1 N–H and O–H groups in total. The summed E-state index contributed by atoms with van der Waals surface area (Å²) in [4.78, 5) is 36.3. The number of thiazole rings is 1. The Hall–Kier alpha value is -1.71. The van der Waals surface area contributed by atoms with Crippen LogP contribution in [0.5, 0.6) is 0 Å². The van der Waals surface area contributed by atoms with Crippen molar-refractivity contribution in [1.82, 2.24) is 14.5 Å². The molecule has 6 nitrogen and oxygen atoms in total. The van der Waals surface area contributed by atoms with Crippen LogP contribution in [0.15, 0.2) is 15.3 Å². The van der Waals surface area contributed by atoms with E-state index in [0.717, 1.165) is 46.8 Å². The quantitative estimate of drug-likeness (QED) is 0.391. The number of anilines is 1. The number of aromatic nitrogens is 3. The Kier molecular flexibility index (Phi) is 6.60. The average Bonchev–Trinajstić information content (AvgIpc) is 3.28. The number of carbonyl (C=O) groups is 1. The van der Waals surface area contributed by atoms with Gasteiger partial charge in [0.2, 0.25) is 5.91 Å². The Balaban J connectivity index is 1.66. The van der Waals surface area contributed by atoms with Crippen LogP contribution in [0.3, 0.4) is 0 Å². The highest BCUT2D eigenvalue weighted by molar-refractivity contribution is 7.98. The molecule has 0 aliphatic heterocycles. The standard InChI is InChI=1S/C21H26N4O2S3/c1-12(2)8-9-25-19(27)17-15-6-4-5-7-16(15)30-18(17)24-21(25)29-11-14-10-28-20(23-14)22-13(3)26/h10,12H,4-9,11H2,1-3H3,(H,22,23,26). The minimum atomic E-state index is -0.125. The fraction of sp³-hybridized carbons (Fsp3) is 0.524. The summed E-state index contributed by atoms with van der Waals surface area (Å²) in [6, 6.07) is 0. The van der Waals surface area contributed by atoms with E-state index in [1.807, 2.05) is 9.95 Å². The highest BCUT2D eigenvalue weighted by Crippen LogP contribution is 2.35. The van der Waals surface area contributed by atoms with Gasteiger partial charge in [0.25, 0.3) is 5.56 Å². The third kappa shape index (κ3) is 4.63. The molecule has 9 heteroatoms. The molecule has 0 atom stereocenters. The summed E-state index contributed by atoms with van der Waals surface area (Å²) in [5.74, 6) is 1.00. The van der Waals surface area contributed by atoms with Gasteiger partial charge in [-0.05, 0) is 43.6 Å². The van der Waals surface area contributed by atoms with Gasteiger partial charge in [-0.25, -0.2) is 9.97 Å². The lowest BCUT2D eigenvalue weighted by Gasteiger charge is -2.14. The van der Waals surface area contributed by atoms with E-state index in [0.29, 0.717) is 23.3 Å². The highest BCUT2D eigenvalue weighted by Gasteiger charge is 2.22. The lowest BCUT2D eigenvalue weighted by Crippen LogP contribution is -2.24. The zero-order valence-corrected chi connectivity index (χ0v) is 19.9. The van der Waals surface area contributed by atoms with Crippen molar-refractivity contribution in [3.63, 3.8) is 0 Å². The molecular weight excluding hydrogens is 436 g/mol. The maximum absolute atomic E-state index is 13.5. The number of thioether (sulfide) groups is 1. The third-order valence-corrected chi connectivity index (χ3v) is 8.16. The van der Waals surface area contributed by atoms with Crippen molar-refractivity contribution in [2.45, 2.75) is 70.3 Å². The molecule has 0 spiro atoms. The van der Waals surface area contributed by atoms with Gasteiger partial charge in [-0.3, -0.25) is 14.2 Å². The second-order valence-electron chi connectivity index (χ2n) is 8.04. The fourth-order valence-corrected chi connectivity index (χ4v) is 6.72. The lowest BCUT2D eigenvalue weighted by molar-refractivity contribution is -0.114. The van der Waals surface area contributed by atoms with Crippen LogP contribution < -0.4 is 10.9 Å². The minimum absolute atomic E-state index is 0.111. The van der Waals surface area contributed by atoms with E-state index < -0.39 is 0 Å². The van der Waals surface area contributed by atoms with E-state index in [9.17, 15) is 9.59 Å². The van der Waals surface area contributed by atoms with Crippen LogP contribution in [0.1, 0.15) is 56.2 Å². The molecule has 0 bridgehead atoms. The number of rotatable bonds is 7. The number of carbonyl (C=O) groups excluding carboxylic acids is 1. The molecule has 0 saturated carbocycles. The van der Waals surface area contributed by atoms with E-state index in [4.69, 9.17) is 4.98 Å². The number of hydrogen-bond donors (Lipinski definition) is 1.